The van der Waals surface area contributed by atoms with Gasteiger partial charge in [0.15, 0.2) is 6.29 Å². The number of aromatic nitrogens is 1. The van der Waals surface area contributed by atoms with E-state index >= 15 is 0 Å². The molecule has 2 N–H and O–H groups in total. The van der Waals surface area contributed by atoms with E-state index in [1.165, 1.54) is 12.1 Å². The molecule has 0 aliphatic carbocycles. The van der Waals surface area contributed by atoms with Crippen LogP contribution in [0.5, 0.6) is 0 Å². The van der Waals surface area contributed by atoms with Gasteiger partial charge in [-0.3, -0.25) is 9.59 Å². The van der Waals surface area contributed by atoms with Gasteiger partial charge in [-0.1, -0.05) is 6.07 Å². The van der Waals surface area contributed by atoms with Gasteiger partial charge in [-0.2, -0.15) is 0 Å². The second kappa shape index (κ2) is 2.92. The number of hydrogen-bond donors (Lipinski definition) is 1. The first-order valence-electron chi connectivity index (χ1n) is 2.96. The van der Waals surface area contributed by atoms with Crippen LogP contribution in [-0.4, -0.2) is 17.2 Å². The zero-order valence-electron chi connectivity index (χ0n) is 5.65. The lowest BCUT2D eigenvalue weighted by molar-refractivity contribution is 0.0995. The second-order valence-electron chi connectivity index (χ2n) is 1.93. The normalized spacial score (nSPS) is 9.09. The molecule has 4 nitrogen and oxygen atoms in total. The number of nitrogens with zero attached hydrogens (tertiary/aromatic N) is 1. The minimum Gasteiger partial charge on any atom is -0.364 e. The fourth-order valence-electron chi connectivity index (χ4n) is 0.654. The number of amides is 1. The molecule has 1 aromatic heterocycles. The SMILES string of the molecule is NC(=O)c1cccc(C=O)n1. The van der Waals surface area contributed by atoms with Gasteiger partial charge in [-0.05, 0) is 12.1 Å². The molecule has 0 aliphatic heterocycles. The zero-order valence-corrected chi connectivity index (χ0v) is 5.65. The molecule has 0 saturated heterocycles. The Morgan fingerprint density at radius 2 is 2.27 bits per heavy atom. The van der Waals surface area contributed by atoms with Crippen molar-refractivity contribution in [1.29, 1.82) is 0 Å². The van der Waals surface area contributed by atoms with E-state index in [1.54, 1.807) is 6.07 Å². The largest absolute Gasteiger partial charge is 0.364 e. The smallest absolute Gasteiger partial charge is 0.267 e. The van der Waals surface area contributed by atoms with E-state index in [4.69, 9.17) is 5.73 Å². The first-order chi connectivity index (χ1) is 5.24. The first-order valence-corrected chi connectivity index (χ1v) is 2.96. The number of hydrogen-bond acceptors (Lipinski definition) is 3. The second-order valence-corrected chi connectivity index (χ2v) is 1.93. The molecule has 1 aromatic rings. The Hall–Kier alpha value is -1.71. The van der Waals surface area contributed by atoms with Crippen LogP contribution in [0.4, 0.5) is 0 Å². The molecule has 0 radical (unpaired) electrons. The van der Waals surface area contributed by atoms with Crippen molar-refractivity contribution in [2.75, 3.05) is 0 Å². The minimum atomic E-state index is -0.631. The molecule has 4 heteroatoms. The monoisotopic (exact) mass is 150 g/mol. The number of rotatable bonds is 2. The highest BCUT2D eigenvalue weighted by Gasteiger charge is 2.00. The molecule has 1 heterocycles. The van der Waals surface area contributed by atoms with Crippen LogP contribution in [0, 0.1) is 0 Å². The molecular weight excluding hydrogens is 144 g/mol. The summed E-state index contributed by atoms with van der Waals surface area (Å²) in [5, 5.41) is 0. The summed E-state index contributed by atoms with van der Waals surface area (Å²) in [5.74, 6) is -0.631. The van der Waals surface area contributed by atoms with Gasteiger partial charge < -0.3 is 5.73 Å². The minimum absolute atomic E-state index is 0.106. The van der Waals surface area contributed by atoms with Gasteiger partial charge in [0.2, 0.25) is 0 Å². The zero-order chi connectivity index (χ0) is 8.27. The van der Waals surface area contributed by atoms with E-state index in [0.717, 1.165) is 0 Å². The Morgan fingerprint density at radius 3 is 2.82 bits per heavy atom. The Bertz CT molecular complexity index is 296. The standard InChI is InChI=1S/C7H6N2O2/c8-7(11)6-3-1-2-5(4-10)9-6/h1-4H,(H2,8,11). The predicted molar refractivity (Wildman–Crippen MR) is 38.1 cm³/mol. The summed E-state index contributed by atoms with van der Waals surface area (Å²) in [6.07, 6.45) is 0.562. The van der Waals surface area contributed by atoms with Gasteiger partial charge in [0.1, 0.15) is 11.4 Å². The fourth-order valence-corrected chi connectivity index (χ4v) is 0.654. The molecule has 1 rings (SSSR count). The molecule has 0 aliphatic rings. The lowest BCUT2D eigenvalue weighted by Crippen LogP contribution is -2.13. The third-order valence-corrected chi connectivity index (χ3v) is 1.14. The Labute approximate surface area is 63.0 Å². The summed E-state index contributed by atoms with van der Waals surface area (Å²) >= 11 is 0. The summed E-state index contributed by atoms with van der Waals surface area (Å²) in [6.45, 7) is 0. The first kappa shape index (κ1) is 7.40. The predicted octanol–water partition coefficient (Wildman–Crippen LogP) is -0.00700. The van der Waals surface area contributed by atoms with Crippen molar-refractivity contribution in [3.8, 4) is 0 Å². The van der Waals surface area contributed by atoms with Gasteiger partial charge in [-0.15, -0.1) is 0 Å². The van der Waals surface area contributed by atoms with Crippen LogP contribution in [0.1, 0.15) is 21.0 Å². The Morgan fingerprint density at radius 1 is 1.55 bits per heavy atom. The van der Waals surface area contributed by atoms with E-state index < -0.39 is 5.91 Å². The van der Waals surface area contributed by atoms with Crippen molar-refractivity contribution in [2.45, 2.75) is 0 Å². The van der Waals surface area contributed by atoms with E-state index in [0.29, 0.717) is 6.29 Å². The summed E-state index contributed by atoms with van der Waals surface area (Å²) in [4.78, 5) is 24.3. The third-order valence-electron chi connectivity index (χ3n) is 1.14. The summed E-state index contributed by atoms with van der Waals surface area (Å²) < 4.78 is 0. The number of pyridine rings is 1. The molecule has 11 heavy (non-hydrogen) atoms. The molecule has 0 atom stereocenters. The van der Waals surface area contributed by atoms with Crippen molar-refractivity contribution in [3.05, 3.63) is 29.6 Å². The van der Waals surface area contributed by atoms with Gasteiger partial charge in [0.05, 0.1) is 0 Å². The van der Waals surface area contributed by atoms with Crippen molar-refractivity contribution < 1.29 is 9.59 Å². The number of carbonyl (C=O) groups excluding carboxylic acids is 2. The summed E-state index contributed by atoms with van der Waals surface area (Å²) in [7, 11) is 0. The van der Waals surface area contributed by atoms with Crippen LogP contribution >= 0.6 is 0 Å². The summed E-state index contributed by atoms with van der Waals surface area (Å²) in [6, 6.07) is 4.51. The highest BCUT2D eigenvalue weighted by Crippen LogP contribution is 1.95. The van der Waals surface area contributed by atoms with Crippen molar-refractivity contribution >= 4 is 12.2 Å². The number of carbonyl (C=O) groups is 2. The molecule has 0 unspecified atom stereocenters. The Balaban J connectivity index is 3.10. The van der Waals surface area contributed by atoms with Crippen LogP contribution in [0.15, 0.2) is 18.2 Å². The molecule has 1 amide bonds. The molecular formula is C7H6N2O2. The molecule has 56 valence electrons. The lowest BCUT2D eigenvalue weighted by atomic mass is 10.3. The Kier molecular flexibility index (Phi) is 1.96. The quantitative estimate of drug-likeness (QED) is 0.602. The van der Waals surface area contributed by atoms with E-state index in [9.17, 15) is 9.59 Å². The van der Waals surface area contributed by atoms with Gasteiger partial charge in [0, 0.05) is 0 Å². The molecule has 0 aromatic carbocycles. The summed E-state index contributed by atoms with van der Waals surface area (Å²) in [5.41, 5.74) is 5.24. The lowest BCUT2D eigenvalue weighted by Gasteiger charge is -1.93. The van der Waals surface area contributed by atoms with Crippen LogP contribution in [0.3, 0.4) is 0 Å². The van der Waals surface area contributed by atoms with Gasteiger partial charge in [-0.25, -0.2) is 4.98 Å². The van der Waals surface area contributed by atoms with Crippen LogP contribution < -0.4 is 5.73 Å². The number of nitrogens with two attached hydrogens (primary N) is 1. The van der Waals surface area contributed by atoms with Gasteiger partial charge >= 0.3 is 0 Å². The molecule has 0 spiro atoms. The van der Waals surface area contributed by atoms with E-state index in [-0.39, 0.29) is 11.4 Å². The van der Waals surface area contributed by atoms with E-state index in [2.05, 4.69) is 4.98 Å². The highest BCUT2D eigenvalue weighted by molar-refractivity contribution is 5.91. The van der Waals surface area contributed by atoms with Crippen LogP contribution in [0.2, 0.25) is 0 Å². The van der Waals surface area contributed by atoms with Crippen LogP contribution in [-0.2, 0) is 0 Å². The highest BCUT2D eigenvalue weighted by atomic mass is 16.1. The molecule has 0 saturated carbocycles. The molecule has 0 fully saturated rings. The number of primary amides is 1. The topological polar surface area (TPSA) is 73.1 Å². The average Bonchev–Trinajstić information content (AvgIpc) is 2.05. The average molecular weight is 150 g/mol. The third kappa shape index (κ3) is 1.61. The van der Waals surface area contributed by atoms with Gasteiger partial charge in [0.25, 0.3) is 5.91 Å². The van der Waals surface area contributed by atoms with Crippen molar-refractivity contribution in [1.82, 2.24) is 4.98 Å². The van der Waals surface area contributed by atoms with E-state index in [1.807, 2.05) is 0 Å². The number of aldehydes is 1. The maximum absolute atomic E-state index is 10.5. The molecule has 0 bridgehead atoms. The van der Waals surface area contributed by atoms with Crippen molar-refractivity contribution in [2.24, 2.45) is 5.73 Å². The maximum Gasteiger partial charge on any atom is 0.267 e. The maximum atomic E-state index is 10.5. The fraction of sp³-hybridized carbons (Fsp3) is 0. The van der Waals surface area contributed by atoms with Crippen LogP contribution in [0.25, 0.3) is 0 Å². The van der Waals surface area contributed by atoms with Crippen molar-refractivity contribution in [3.63, 3.8) is 0 Å².